The second-order valence-electron chi connectivity index (χ2n) is 7.68. The van der Waals surface area contributed by atoms with Crippen molar-refractivity contribution in [1.82, 2.24) is 14.9 Å². The maximum absolute atomic E-state index is 14.4. The van der Waals surface area contributed by atoms with Gasteiger partial charge in [0, 0.05) is 50.2 Å². The van der Waals surface area contributed by atoms with Crippen LogP contribution in [-0.4, -0.2) is 52.9 Å². The molecule has 1 N–H and O–H groups in total. The molecular formula is C22H18ClF4N5O2S. The Kier molecular flexibility index (Phi) is 6.95. The zero-order chi connectivity index (χ0) is 25.3. The quantitative estimate of drug-likeness (QED) is 0.486. The summed E-state index contributed by atoms with van der Waals surface area (Å²) < 4.78 is 53.4. The molecular weight excluding hydrogens is 510 g/mol. The second-order valence-corrected chi connectivity index (χ2v) is 8.94. The topological polar surface area (TPSA) is 78.4 Å². The highest BCUT2D eigenvalue weighted by molar-refractivity contribution is 7.14. The predicted octanol–water partition coefficient (Wildman–Crippen LogP) is 4.94. The molecule has 0 atom stereocenters. The van der Waals surface area contributed by atoms with E-state index in [1.54, 1.807) is 4.90 Å². The highest BCUT2D eigenvalue weighted by Gasteiger charge is 2.35. The Balaban J connectivity index is 1.46. The maximum Gasteiger partial charge on any atom is 0.419 e. The van der Waals surface area contributed by atoms with E-state index >= 15 is 0 Å². The molecule has 2 aromatic heterocycles. The molecule has 0 aliphatic carbocycles. The number of nitrogens with zero attached hydrogens (tertiary/aromatic N) is 4. The van der Waals surface area contributed by atoms with Gasteiger partial charge >= 0.3 is 6.18 Å². The average molecular weight is 528 g/mol. The molecule has 7 nitrogen and oxygen atoms in total. The first kappa shape index (κ1) is 24.9. The molecule has 0 radical (unpaired) electrons. The van der Waals surface area contributed by atoms with Gasteiger partial charge in [0.15, 0.2) is 5.13 Å². The number of hydrogen-bond acceptors (Lipinski definition) is 6. The van der Waals surface area contributed by atoms with Crippen molar-refractivity contribution in [1.29, 1.82) is 0 Å². The summed E-state index contributed by atoms with van der Waals surface area (Å²) in [5, 5.41) is 4.20. The van der Waals surface area contributed by atoms with Gasteiger partial charge in [0.05, 0.1) is 21.8 Å². The predicted molar refractivity (Wildman–Crippen MR) is 124 cm³/mol. The van der Waals surface area contributed by atoms with Crippen LogP contribution in [-0.2, 0) is 11.0 Å². The van der Waals surface area contributed by atoms with Gasteiger partial charge < -0.3 is 9.80 Å². The molecule has 1 aromatic carbocycles. The summed E-state index contributed by atoms with van der Waals surface area (Å²) in [5.41, 5.74) is -1.61. The minimum atomic E-state index is -4.84. The van der Waals surface area contributed by atoms with Gasteiger partial charge in [-0.05, 0) is 18.2 Å². The van der Waals surface area contributed by atoms with Crippen LogP contribution in [0.4, 0.5) is 28.5 Å². The van der Waals surface area contributed by atoms with E-state index in [-0.39, 0.29) is 32.9 Å². The molecule has 0 spiro atoms. The fraction of sp³-hybridized carbons (Fsp3) is 0.273. The van der Waals surface area contributed by atoms with Crippen molar-refractivity contribution in [3.63, 3.8) is 0 Å². The van der Waals surface area contributed by atoms with Gasteiger partial charge in [-0.25, -0.2) is 14.4 Å². The fourth-order valence-electron chi connectivity index (χ4n) is 3.59. The van der Waals surface area contributed by atoms with E-state index < -0.39 is 23.5 Å². The third-order valence-electron chi connectivity index (χ3n) is 5.41. The second kappa shape index (κ2) is 9.78. The van der Waals surface area contributed by atoms with Crippen LogP contribution in [0.1, 0.15) is 22.8 Å². The van der Waals surface area contributed by atoms with Crippen molar-refractivity contribution < 1.29 is 27.2 Å². The summed E-state index contributed by atoms with van der Waals surface area (Å²) in [6, 6.07) is 4.37. The summed E-state index contributed by atoms with van der Waals surface area (Å²) in [5.74, 6) is -1.53. The number of anilines is 2. The van der Waals surface area contributed by atoms with Crippen LogP contribution in [0.5, 0.6) is 0 Å². The summed E-state index contributed by atoms with van der Waals surface area (Å²) in [7, 11) is 0. The van der Waals surface area contributed by atoms with Gasteiger partial charge in [0.2, 0.25) is 5.91 Å². The van der Waals surface area contributed by atoms with Crippen molar-refractivity contribution in [3.8, 4) is 11.3 Å². The van der Waals surface area contributed by atoms with E-state index in [1.807, 2.05) is 4.90 Å². The Morgan fingerprint density at radius 1 is 1.17 bits per heavy atom. The first-order valence-electron chi connectivity index (χ1n) is 10.3. The van der Waals surface area contributed by atoms with Crippen molar-refractivity contribution in [3.05, 3.63) is 57.8 Å². The van der Waals surface area contributed by atoms with E-state index in [2.05, 4.69) is 15.3 Å². The molecule has 0 saturated carbocycles. The lowest BCUT2D eigenvalue weighted by Crippen LogP contribution is -2.48. The highest BCUT2D eigenvalue weighted by Crippen LogP contribution is 2.36. The van der Waals surface area contributed by atoms with Gasteiger partial charge in [-0.1, -0.05) is 17.7 Å². The van der Waals surface area contributed by atoms with Crippen molar-refractivity contribution in [2.45, 2.75) is 13.1 Å². The SMILES string of the molecule is CC(=O)N1CCN(c2ncc(C(=O)Nc3nc(-c4cccc(C(F)(F)F)c4F)cs3)cc2Cl)CC1. The standard InChI is InChI=1S/C22H18ClF4N5O2S/c1-12(33)31-5-7-32(8-6-31)19-16(23)9-13(10-28-19)20(34)30-21-29-17(11-35-21)14-3-2-4-15(18(14)24)22(25,26)27/h2-4,9-11H,5-8H2,1H3,(H,29,30,34). The Hall–Kier alpha value is -3.25. The number of aromatic nitrogens is 2. The number of hydrogen-bond donors (Lipinski definition) is 1. The first-order valence-corrected chi connectivity index (χ1v) is 11.6. The lowest BCUT2D eigenvalue weighted by Gasteiger charge is -2.35. The molecule has 2 amide bonds. The van der Waals surface area contributed by atoms with E-state index in [9.17, 15) is 27.2 Å². The number of thiazole rings is 1. The highest BCUT2D eigenvalue weighted by atomic mass is 35.5. The van der Waals surface area contributed by atoms with Gasteiger partial charge in [0.25, 0.3) is 5.91 Å². The van der Waals surface area contributed by atoms with Crippen LogP contribution < -0.4 is 10.2 Å². The molecule has 13 heteroatoms. The third-order valence-corrected chi connectivity index (χ3v) is 6.45. The number of carbonyl (C=O) groups excluding carboxylic acids is 2. The molecule has 0 bridgehead atoms. The molecule has 3 aromatic rings. The fourth-order valence-corrected chi connectivity index (χ4v) is 4.59. The lowest BCUT2D eigenvalue weighted by atomic mass is 10.1. The number of alkyl halides is 3. The average Bonchev–Trinajstić information content (AvgIpc) is 3.26. The van der Waals surface area contributed by atoms with Gasteiger partial charge in [-0.3, -0.25) is 14.9 Å². The number of amides is 2. The molecule has 35 heavy (non-hydrogen) atoms. The van der Waals surface area contributed by atoms with Crippen LogP contribution >= 0.6 is 22.9 Å². The molecule has 1 fully saturated rings. The van der Waals surface area contributed by atoms with E-state index in [0.29, 0.717) is 38.1 Å². The summed E-state index contributed by atoms with van der Waals surface area (Å²) in [4.78, 5) is 36.1. The van der Waals surface area contributed by atoms with Crippen LogP contribution in [0, 0.1) is 5.82 Å². The largest absolute Gasteiger partial charge is 0.419 e. The van der Waals surface area contributed by atoms with Crippen molar-refractivity contribution in [2.24, 2.45) is 0 Å². The Morgan fingerprint density at radius 2 is 1.89 bits per heavy atom. The molecule has 3 heterocycles. The number of halogens is 5. The smallest absolute Gasteiger partial charge is 0.352 e. The van der Waals surface area contributed by atoms with Gasteiger partial charge in [0.1, 0.15) is 11.6 Å². The zero-order valence-electron chi connectivity index (χ0n) is 18.2. The lowest BCUT2D eigenvalue weighted by molar-refractivity contribution is -0.140. The maximum atomic E-state index is 14.4. The molecule has 4 rings (SSSR count). The summed E-state index contributed by atoms with van der Waals surface area (Å²) >= 11 is 7.29. The number of benzene rings is 1. The van der Waals surface area contributed by atoms with Crippen molar-refractivity contribution >= 4 is 45.7 Å². The van der Waals surface area contributed by atoms with Gasteiger partial charge in [-0.2, -0.15) is 13.2 Å². The van der Waals surface area contributed by atoms with Crippen LogP contribution in [0.3, 0.4) is 0 Å². The number of rotatable bonds is 4. The molecule has 184 valence electrons. The number of carbonyl (C=O) groups is 2. The van der Waals surface area contributed by atoms with E-state index in [4.69, 9.17) is 11.6 Å². The van der Waals surface area contributed by atoms with Crippen LogP contribution in [0.2, 0.25) is 5.02 Å². The van der Waals surface area contributed by atoms with E-state index in [0.717, 1.165) is 17.4 Å². The third kappa shape index (κ3) is 5.38. The molecule has 1 saturated heterocycles. The Labute approximate surface area is 206 Å². The molecule has 1 aliphatic rings. The van der Waals surface area contributed by atoms with Gasteiger partial charge in [-0.15, -0.1) is 11.3 Å². The minimum Gasteiger partial charge on any atom is -0.352 e. The molecule has 0 unspecified atom stereocenters. The van der Waals surface area contributed by atoms with Crippen LogP contribution in [0.15, 0.2) is 35.8 Å². The summed E-state index contributed by atoms with van der Waals surface area (Å²) in [6.07, 6.45) is -3.50. The minimum absolute atomic E-state index is 0.00290. The Morgan fingerprint density at radius 3 is 2.51 bits per heavy atom. The first-order chi connectivity index (χ1) is 16.5. The number of pyridine rings is 1. The summed E-state index contributed by atoms with van der Waals surface area (Å²) in [6.45, 7) is 3.68. The number of piperazine rings is 1. The Bertz CT molecular complexity index is 1270. The van der Waals surface area contributed by atoms with Crippen molar-refractivity contribution in [2.75, 3.05) is 36.4 Å². The van der Waals surface area contributed by atoms with E-state index in [1.165, 1.54) is 30.6 Å². The van der Waals surface area contributed by atoms with Crippen LogP contribution in [0.25, 0.3) is 11.3 Å². The normalized spacial score (nSPS) is 14.2. The monoisotopic (exact) mass is 527 g/mol. The zero-order valence-corrected chi connectivity index (χ0v) is 19.8. The molecule has 1 aliphatic heterocycles. The number of nitrogens with one attached hydrogen (secondary N) is 1.